The summed E-state index contributed by atoms with van der Waals surface area (Å²) in [7, 11) is 0. The van der Waals surface area contributed by atoms with Crippen molar-refractivity contribution in [2.24, 2.45) is 5.73 Å². The molecular formula is C11H11ClN2. The number of hydrogen-bond acceptors (Lipinski definition) is 2. The molecule has 0 radical (unpaired) electrons. The molecule has 1 unspecified atom stereocenters. The molecule has 0 saturated heterocycles. The highest BCUT2D eigenvalue weighted by Crippen LogP contribution is 2.23. The van der Waals surface area contributed by atoms with Gasteiger partial charge in [-0.25, -0.2) is 0 Å². The number of fused-ring (bicyclic) bond motifs is 1. The summed E-state index contributed by atoms with van der Waals surface area (Å²) in [6.45, 7) is 1.92. The van der Waals surface area contributed by atoms with Gasteiger partial charge in [-0.3, -0.25) is 4.98 Å². The molecule has 1 aromatic heterocycles. The molecular weight excluding hydrogens is 196 g/mol. The maximum absolute atomic E-state index is 5.93. The van der Waals surface area contributed by atoms with Gasteiger partial charge in [0.1, 0.15) is 0 Å². The standard InChI is InChI=1S/C11H11ClN2/c1-7(13)11-10-6-9(12)3-2-8(10)4-5-14-11/h2-7H,13H2,1H3. The maximum atomic E-state index is 5.93. The molecule has 3 heteroatoms. The zero-order valence-corrected chi connectivity index (χ0v) is 8.62. The van der Waals surface area contributed by atoms with Crippen LogP contribution in [-0.4, -0.2) is 4.98 Å². The Morgan fingerprint density at radius 1 is 1.36 bits per heavy atom. The summed E-state index contributed by atoms with van der Waals surface area (Å²) in [6, 6.07) is 7.64. The summed E-state index contributed by atoms with van der Waals surface area (Å²) >= 11 is 5.93. The van der Waals surface area contributed by atoms with Crippen LogP contribution < -0.4 is 5.73 Å². The molecule has 1 atom stereocenters. The predicted octanol–water partition coefficient (Wildman–Crippen LogP) is 2.91. The van der Waals surface area contributed by atoms with Crippen LogP contribution in [0.5, 0.6) is 0 Å². The van der Waals surface area contributed by atoms with Gasteiger partial charge < -0.3 is 5.73 Å². The number of aromatic nitrogens is 1. The van der Waals surface area contributed by atoms with Gasteiger partial charge in [-0.05, 0) is 30.5 Å². The normalized spacial score (nSPS) is 13.1. The molecule has 2 aromatic rings. The van der Waals surface area contributed by atoms with Crippen molar-refractivity contribution in [1.82, 2.24) is 4.98 Å². The van der Waals surface area contributed by atoms with Gasteiger partial charge in [-0.1, -0.05) is 17.7 Å². The Labute approximate surface area is 87.7 Å². The molecule has 0 aliphatic carbocycles. The highest BCUT2D eigenvalue weighted by Gasteiger charge is 2.06. The van der Waals surface area contributed by atoms with E-state index in [0.717, 1.165) is 16.5 Å². The first kappa shape index (κ1) is 9.44. The van der Waals surface area contributed by atoms with E-state index in [4.69, 9.17) is 17.3 Å². The van der Waals surface area contributed by atoms with Crippen molar-refractivity contribution in [2.75, 3.05) is 0 Å². The highest BCUT2D eigenvalue weighted by atomic mass is 35.5. The smallest absolute Gasteiger partial charge is 0.0646 e. The first-order chi connectivity index (χ1) is 6.68. The molecule has 0 bridgehead atoms. The fourth-order valence-electron chi connectivity index (χ4n) is 1.53. The van der Waals surface area contributed by atoms with E-state index < -0.39 is 0 Å². The molecule has 2 N–H and O–H groups in total. The summed E-state index contributed by atoms with van der Waals surface area (Å²) in [5, 5.41) is 2.87. The van der Waals surface area contributed by atoms with E-state index >= 15 is 0 Å². The van der Waals surface area contributed by atoms with E-state index in [1.165, 1.54) is 0 Å². The summed E-state index contributed by atoms with van der Waals surface area (Å²) in [5.41, 5.74) is 6.72. The Kier molecular flexibility index (Phi) is 2.40. The monoisotopic (exact) mass is 206 g/mol. The van der Waals surface area contributed by atoms with Crippen LogP contribution in [0.1, 0.15) is 18.7 Å². The van der Waals surface area contributed by atoms with E-state index in [0.29, 0.717) is 5.02 Å². The quantitative estimate of drug-likeness (QED) is 0.779. The van der Waals surface area contributed by atoms with Gasteiger partial charge in [-0.15, -0.1) is 0 Å². The van der Waals surface area contributed by atoms with Crippen LogP contribution in [0.4, 0.5) is 0 Å². The fraction of sp³-hybridized carbons (Fsp3) is 0.182. The van der Waals surface area contributed by atoms with Gasteiger partial charge >= 0.3 is 0 Å². The zero-order chi connectivity index (χ0) is 10.1. The Morgan fingerprint density at radius 2 is 2.14 bits per heavy atom. The van der Waals surface area contributed by atoms with E-state index in [-0.39, 0.29) is 6.04 Å². The van der Waals surface area contributed by atoms with E-state index in [9.17, 15) is 0 Å². The first-order valence-corrected chi connectivity index (χ1v) is 4.86. The molecule has 1 heterocycles. The second-order valence-electron chi connectivity index (χ2n) is 3.35. The summed E-state index contributed by atoms with van der Waals surface area (Å²) in [6.07, 6.45) is 1.77. The van der Waals surface area contributed by atoms with Crippen LogP contribution >= 0.6 is 11.6 Å². The van der Waals surface area contributed by atoms with Gasteiger partial charge in [0.2, 0.25) is 0 Å². The minimum absolute atomic E-state index is 0.0721. The van der Waals surface area contributed by atoms with E-state index in [1.807, 2.05) is 31.2 Å². The number of halogens is 1. The van der Waals surface area contributed by atoms with Gasteiger partial charge in [0.25, 0.3) is 0 Å². The molecule has 72 valence electrons. The van der Waals surface area contributed by atoms with Crippen LogP contribution in [0.25, 0.3) is 10.8 Å². The molecule has 0 saturated carbocycles. The van der Waals surface area contributed by atoms with E-state index in [1.54, 1.807) is 6.20 Å². The van der Waals surface area contributed by atoms with Crippen molar-refractivity contribution in [2.45, 2.75) is 13.0 Å². The molecule has 0 spiro atoms. The highest BCUT2D eigenvalue weighted by molar-refractivity contribution is 6.31. The Bertz CT molecular complexity index is 466. The SMILES string of the molecule is CC(N)c1nccc2ccc(Cl)cc12. The average Bonchev–Trinajstić information content (AvgIpc) is 2.16. The molecule has 0 aliphatic rings. The lowest BCUT2D eigenvalue weighted by Gasteiger charge is -2.08. The van der Waals surface area contributed by atoms with Crippen molar-refractivity contribution in [1.29, 1.82) is 0 Å². The van der Waals surface area contributed by atoms with Gasteiger partial charge in [0.15, 0.2) is 0 Å². The van der Waals surface area contributed by atoms with Crippen molar-refractivity contribution in [3.05, 3.63) is 41.2 Å². The van der Waals surface area contributed by atoms with E-state index in [2.05, 4.69) is 4.98 Å². The van der Waals surface area contributed by atoms with Crippen molar-refractivity contribution >= 4 is 22.4 Å². The average molecular weight is 207 g/mol. The Hall–Kier alpha value is -1.12. The first-order valence-electron chi connectivity index (χ1n) is 4.48. The van der Waals surface area contributed by atoms with Gasteiger partial charge in [0.05, 0.1) is 5.69 Å². The van der Waals surface area contributed by atoms with Crippen molar-refractivity contribution in [3.8, 4) is 0 Å². The summed E-state index contributed by atoms with van der Waals surface area (Å²) < 4.78 is 0. The van der Waals surface area contributed by atoms with Crippen LogP contribution in [0.2, 0.25) is 5.02 Å². The number of nitrogens with two attached hydrogens (primary N) is 1. The second kappa shape index (κ2) is 3.56. The molecule has 0 fully saturated rings. The lowest BCUT2D eigenvalue weighted by Crippen LogP contribution is -2.07. The van der Waals surface area contributed by atoms with Crippen LogP contribution in [0.3, 0.4) is 0 Å². The van der Waals surface area contributed by atoms with Gasteiger partial charge in [-0.2, -0.15) is 0 Å². The topological polar surface area (TPSA) is 38.9 Å². The van der Waals surface area contributed by atoms with Crippen molar-refractivity contribution < 1.29 is 0 Å². The third-order valence-corrected chi connectivity index (χ3v) is 2.43. The third-order valence-electron chi connectivity index (χ3n) is 2.19. The zero-order valence-electron chi connectivity index (χ0n) is 7.87. The van der Waals surface area contributed by atoms with Crippen LogP contribution in [0, 0.1) is 0 Å². The van der Waals surface area contributed by atoms with Crippen molar-refractivity contribution in [3.63, 3.8) is 0 Å². The number of rotatable bonds is 1. The van der Waals surface area contributed by atoms with Crippen LogP contribution in [-0.2, 0) is 0 Å². The second-order valence-corrected chi connectivity index (χ2v) is 3.79. The molecule has 2 nitrogen and oxygen atoms in total. The molecule has 0 amide bonds. The number of hydrogen-bond donors (Lipinski definition) is 1. The van der Waals surface area contributed by atoms with Gasteiger partial charge in [0, 0.05) is 22.6 Å². The summed E-state index contributed by atoms with van der Waals surface area (Å²) in [4.78, 5) is 4.26. The largest absolute Gasteiger partial charge is 0.323 e. The summed E-state index contributed by atoms with van der Waals surface area (Å²) in [5.74, 6) is 0. The number of nitrogens with zero attached hydrogens (tertiary/aromatic N) is 1. The Balaban J connectivity index is 2.77. The lowest BCUT2D eigenvalue weighted by molar-refractivity contribution is 0.791. The minimum atomic E-state index is -0.0721. The lowest BCUT2D eigenvalue weighted by atomic mass is 10.1. The number of pyridine rings is 1. The molecule has 2 rings (SSSR count). The minimum Gasteiger partial charge on any atom is -0.323 e. The fourth-order valence-corrected chi connectivity index (χ4v) is 1.70. The molecule has 0 aliphatic heterocycles. The van der Waals surface area contributed by atoms with Crippen LogP contribution in [0.15, 0.2) is 30.5 Å². The third kappa shape index (κ3) is 1.59. The maximum Gasteiger partial charge on any atom is 0.0646 e. The number of benzene rings is 1. The Morgan fingerprint density at radius 3 is 2.86 bits per heavy atom. The molecule has 14 heavy (non-hydrogen) atoms. The predicted molar refractivity (Wildman–Crippen MR) is 59.4 cm³/mol. The molecule has 1 aromatic carbocycles.